The van der Waals surface area contributed by atoms with Crippen LogP contribution in [0.15, 0.2) is 24.3 Å². The van der Waals surface area contributed by atoms with Crippen molar-refractivity contribution >= 4 is 5.91 Å². The number of likely N-dealkylation sites (tertiary alicyclic amines) is 1. The molecule has 0 bridgehead atoms. The Labute approximate surface area is 118 Å². The summed E-state index contributed by atoms with van der Waals surface area (Å²) >= 11 is 0. The van der Waals surface area contributed by atoms with Gasteiger partial charge in [0.05, 0.1) is 6.61 Å². The van der Waals surface area contributed by atoms with Gasteiger partial charge in [0.25, 0.3) is 0 Å². The highest BCUT2D eigenvalue weighted by molar-refractivity contribution is 5.76. The molecule has 110 valence electrons. The largest absolute Gasteiger partial charge is 0.491 e. The van der Waals surface area contributed by atoms with Gasteiger partial charge in [-0.1, -0.05) is 12.1 Å². The number of carbonyl (C=O) groups excluding carboxylic acids is 1. The van der Waals surface area contributed by atoms with Gasteiger partial charge in [-0.3, -0.25) is 4.79 Å². The lowest BCUT2D eigenvalue weighted by molar-refractivity contribution is -0.130. The standard InChI is InChI=1S/C15H21FN2O2/c16-13-4-1-2-5-14(13)20-9-3-6-15(19)18-8-7-12(10-17)11-18/h1-2,4-5,12H,3,6-11,17H2/t12-/m1/s1. The molecule has 0 aromatic heterocycles. The van der Waals surface area contributed by atoms with Gasteiger partial charge in [-0.05, 0) is 37.4 Å². The highest BCUT2D eigenvalue weighted by Gasteiger charge is 2.24. The molecule has 2 N–H and O–H groups in total. The van der Waals surface area contributed by atoms with Crippen molar-refractivity contribution < 1.29 is 13.9 Å². The Morgan fingerprint density at radius 3 is 2.95 bits per heavy atom. The van der Waals surface area contributed by atoms with E-state index in [1.165, 1.54) is 6.07 Å². The summed E-state index contributed by atoms with van der Waals surface area (Å²) in [4.78, 5) is 13.8. The van der Waals surface area contributed by atoms with Crippen LogP contribution in [0.4, 0.5) is 4.39 Å². The van der Waals surface area contributed by atoms with Crippen LogP contribution in [-0.4, -0.2) is 37.0 Å². The fraction of sp³-hybridized carbons (Fsp3) is 0.533. The first kappa shape index (κ1) is 14.8. The minimum atomic E-state index is -0.371. The van der Waals surface area contributed by atoms with Crippen LogP contribution < -0.4 is 10.5 Å². The van der Waals surface area contributed by atoms with Crippen LogP contribution in [0.3, 0.4) is 0 Å². The van der Waals surface area contributed by atoms with E-state index in [0.29, 0.717) is 31.9 Å². The van der Waals surface area contributed by atoms with Gasteiger partial charge in [0.2, 0.25) is 5.91 Å². The van der Waals surface area contributed by atoms with Crippen LogP contribution in [0.1, 0.15) is 19.3 Å². The smallest absolute Gasteiger partial charge is 0.222 e. The highest BCUT2D eigenvalue weighted by atomic mass is 19.1. The van der Waals surface area contributed by atoms with E-state index in [1.807, 2.05) is 4.90 Å². The Hall–Kier alpha value is -1.62. The molecule has 1 aromatic carbocycles. The molecule has 1 aliphatic heterocycles. The van der Waals surface area contributed by atoms with Crippen molar-refractivity contribution in [1.29, 1.82) is 0 Å². The maximum atomic E-state index is 13.3. The summed E-state index contributed by atoms with van der Waals surface area (Å²) in [6.45, 7) is 2.55. The lowest BCUT2D eigenvalue weighted by Crippen LogP contribution is -2.29. The van der Waals surface area contributed by atoms with Crippen molar-refractivity contribution in [1.82, 2.24) is 4.90 Å². The number of halogens is 1. The molecule has 4 nitrogen and oxygen atoms in total. The lowest BCUT2D eigenvalue weighted by atomic mass is 10.1. The van der Waals surface area contributed by atoms with Crippen LogP contribution in [0.5, 0.6) is 5.75 Å². The summed E-state index contributed by atoms with van der Waals surface area (Å²) in [5.74, 6) is 0.445. The average molecular weight is 280 g/mol. The van der Waals surface area contributed by atoms with Crippen LogP contribution in [-0.2, 0) is 4.79 Å². The van der Waals surface area contributed by atoms with Crippen LogP contribution in [0.25, 0.3) is 0 Å². The maximum Gasteiger partial charge on any atom is 0.222 e. The molecule has 0 spiro atoms. The highest BCUT2D eigenvalue weighted by Crippen LogP contribution is 2.17. The lowest BCUT2D eigenvalue weighted by Gasteiger charge is -2.16. The van der Waals surface area contributed by atoms with Gasteiger partial charge in [0.1, 0.15) is 0 Å². The van der Waals surface area contributed by atoms with E-state index in [2.05, 4.69) is 0 Å². The monoisotopic (exact) mass is 280 g/mol. The summed E-state index contributed by atoms with van der Waals surface area (Å²) in [7, 11) is 0. The topological polar surface area (TPSA) is 55.6 Å². The molecule has 1 fully saturated rings. The molecule has 1 amide bonds. The molecule has 20 heavy (non-hydrogen) atoms. The van der Waals surface area contributed by atoms with E-state index in [1.54, 1.807) is 18.2 Å². The van der Waals surface area contributed by atoms with E-state index in [-0.39, 0.29) is 17.5 Å². The minimum absolute atomic E-state index is 0.137. The molecule has 1 aliphatic rings. The van der Waals surface area contributed by atoms with Crippen molar-refractivity contribution in [3.8, 4) is 5.75 Å². The number of nitrogens with two attached hydrogens (primary N) is 1. The van der Waals surface area contributed by atoms with Crippen molar-refractivity contribution in [3.05, 3.63) is 30.1 Å². The predicted molar refractivity (Wildman–Crippen MR) is 74.9 cm³/mol. The Bertz CT molecular complexity index is 453. The summed E-state index contributed by atoms with van der Waals surface area (Å²) in [5, 5.41) is 0. The second kappa shape index (κ2) is 7.24. The van der Waals surface area contributed by atoms with Crippen molar-refractivity contribution in [2.45, 2.75) is 19.3 Å². The first-order chi connectivity index (χ1) is 9.70. The van der Waals surface area contributed by atoms with E-state index in [4.69, 9.17) is 10.5 Å². The van der Waals surface area contributed by atoms with Crippen LogP contribution in [0, 0.1) is 11.7 Å². The number of benzene rings is 1. The van der Waals surface area contributed by atoms with Gasteiger partial charge in [-0.15, -0.1) is 0 Å². The minimum Gasteiger partial charge on any atom is -0.491 e. The number of para-hydroxylation sites is 1. The normalized spacial score (nSPS) is 18.3. The third-order valence-corrected chi connectivity index (χ3v) is 3.60. The predicted octanol–water partition coefficient (Wildman–Crippen LogP) is 1.79. The zero-order valence-corrected chi connectivity index (χ0v) is 11.6. The fourth-order valence-corrected chi connectivity index (χ4v) is 2.38. The Kier molecular flexibility index (Phi) is 5.35. The maximum absolute atomic E-state index is 13.3. The van der Waals surface area contributed by atoms with E-state index >= 15 is 0 Å². The fourth-order valence-electron chi connectivity index (χ4n) is 2.38. The zero-order chi connectivity index (χ0) is 14.4. The first-order valence-electron chi connectivity index (χ1n) is 7.06. The molecule has 0 saturated carbocycles. The molecule has 2 rings (SSSR count). The molecule has 5 heteroatoms. The molecule has 1 atom stereocenters. The van der Waals surface area contributed by atoms with Crippen LogP contribution in [0.2, 0.25) is 0 Å². The zero-order valence-electron chi connectivity index (χ0n) is 11.6. The van der Waals surface area contributed by atoms with E-state index < -0.39 is 0 Å². The number of rotatable bonds is 6. The quantitative estimate of drug-likeness (QED) is 0.808. The Morgan fingerprint density at radius 1 is 1.45 bits per heavy atom. The van der Waals surface area contributed by atoms with Gasteiger partial charge in [-0.25, -0.2) is 4.39 Å². The van der Waals surface area contributed by atoms with Gasteiger partial charge in [0.15, 0.2) is 11.6 Å². The molecule has 1 saturated heterocycles. The molecule has 1 heterocycles. The first-order valence-corrected chi connectivity index (χ1v) is 7.06. The Balaban J connectivity index is 1.66. The molecule has 0 aliphatic carbocycles. The molecule has 1 aromatic rings. The average Bonchev–Trinajstić information content (AvgIpc) is 2.94. The third kappa shape index (κ3) is 3.93. The molecule has 0 unspecified atom stereocenters. The van der Waals surface area contributed by atoms with Gasteiger partial charge < -0.3 is 15.4 Å². The summed E-state index contributed by atoms with van der Waals surface area (Å²) in [5.41, 5.74) is 5.60. The Morgan fingerprint density at radius 2 is 2.25 bits per heavy atom. The van der Waals surface area contributed by atoms with Gasteiger partial charge >= 0.3 is 0 Å². The number of hydrogen-bond donors (Lipinski definition) is 1. The second-order valence-electron chi connectivity index (χ2n) is 5.11. The number of hydrogen-bond acceptors (Lipinski definition) is 3. The number of amides is 1. The van der Waals surface area contributed by atoms with Crippen molar-refractivity contribution in [3.63, 3.8) is 0 Å². The number of carbonyl (C=O) groups is 1. The van der Waals surface area contributed by atoms with Crippen LogP contribution >= 0.6 is 0 Å². The van der Waals surface area contributed by atoms with Gasteiger partial charge in [0, 0.05) is 19.5 Å². The molecular weight excluding hydrogens is 259 g/mol. The summed E-state index contributed by atoms with van der Waals surface area (Å²) < 4.78 is 18.6. The number of ether oxygens (including phenoxy) is 1. The number of nitrogens with zero attached hydrogens (tertiary/aromatic N) is 1. The van der Waals surface area contributed by atoms with Gasteiger partial charge in [-0.2, -0.15) is 0 Å². The van der Waals surface area contributed by atoms with Crippen molar-refractivity contribution in [2.75, 3.05) is 26.2 Å². The SMILES string of the molecule is NC[C@H]1CCN(C(=O)CCCOc2ccccc2F)C1. The molecule has 0 radical (unpaired) electrons. The summed E-state index contributed by atoms with van der Waals surface area (Å²) in [6.07, 6.45) is 2.02. The van der Waals surface area contributed by atoms with E-state index in [0.717, 1.165) is 19.5 Å². The summed E-state index contributed by atoms with van der Waals surface area (Å²) in [6, 6.07) is 6.29. The third-order valence-electron chi connectivity index (χ3n) is 3.60. The van der Waals surface area contributed by atoms with Crippen molar-refractivity contribution in [2.24, 2.45) is 11.7 Å². The van der Waals surface area contributed by atoms with E-state index in [9.17, 15) is 9.18 Å². The second-order valence-corrected chi connectivity index (χ2v) is 5.11. The molecular formula is C15H21FN2O2.